The summed E-state index contributed by atoms with van der Waals surface area (Å²) in [4.78, 5) is 26.5. The van der Waals surface area contributed by atoms with E-state index in [1.165, 1.54) is 37.7 Å². The molecule has 3 aliphatic rings. The van der Waals surface area contributed by atoms with Crippen molar-refractivity contribution in [3.8, 4) is 5.75 Å². The number of anilines is 1. The van der Waals surface area contributed by atoms with Crippen molar-refractivity contribution in [3.05, 3.63) is 98.5 Å². The Hall–Kier alpha value is -3.14. The first-order valence-corrected chi connectivity index (χ1v) is 12.2. The molecule has 0 amide bonds. The van der Waals surface area contributed by atoms with Crippen LogP contribution in [0.2, 0.25) is 0 Å². The molecule has 1 unspecified atom stereocenters. The lowest BCUT2D eigenvalue weighted by Crippen LogP contribution is -2.38. The first kappa shape index (κ1) is 21.7. The summed E-state index contributed by atoms with van der Waals surface area (Å²) >= 11 is 0. The van der Waals surface area contributed by atoms with Gasteiger partial charge in [0.1, 0.15) is 0 Å². The molecule has 33 heavy (non-hydrogen) atoms. The largest absolute Gasteiger partial charge is 0.504 e. The van der Waals surface area contributed by atoms with Crippen LogP contribution in [0.25, 0.3) is 6.08 Å². The van der Waals surface area contributed by atoms with E-state index in [4.69, 9.17) is 0 Å². The van der Waals surface area contributed by atoms with Gasteiger partial charge in [-0.25, -0.2) is 0 Å². The highest BCUT2D eigenvalue weighted by atomic mass is 16.3. The lowest BCUT2D eigenvalue weighted by Gasteiger charge is -2.37. The highest BCUT2D eigenvalue weighted by Gasteiger charge is 2.50. The van der Waals surface area contributed by atoms with Crippen molar-refractivity contribution in [1.29, 1.82) is 0 Å². The third-order valence-electron chi connectivity index (χ3n) is 7.89. The molecule has 4 nitrogen and oxygen atoms in total. The Kier molecular flexibility index (Phi) is 5.69. The van der Waals surface area contributed by atoms with Gasteiger partial charge in [0.2, 0.25) is 5.43 Å². The Balaban J connectivity index is 1.65. The van der Waals surface area contributed by atoms with Crippen molar-refractivity contribution in [1.82, 2.24) is 0 Å². The molecule has 2 aromatic carbocycles. The second-order valence-electron chi connectivity index (χ2n) is 9.67. The van der Waals surface area contributed by atoms with Crippen LogP contribution in [0.3, 0.4) is 0 Å². The van der Waals surface area contributed by atoms with Crippen LogP contribution in [0, 0.1) is 11.8 Å². The van der Waals surface area contributed by atoms with Gasteiger partial charge in [0.15, 0.2) is 5.75 Å². The minimum atomic E-state index is -0.791. The SMILES string of the molecule is C=CCC1(C2C=CC=C2)C(=Cc2c(O)c(=O)c2=O)N(CCC2CCCCC2)c2ccccc21. The van der Waals surface area contributed by atoms with Crippen LogP contribution < -0.4 is 15.8 Å². The molecule has 1 saturated carbocycles. The number of para-hydroxylation sites is 1. The molecule has 1 heterocycles. The Morgan fingerprint density at radius 1 is 1.06 bits per heavy atom. The normalized spacial score (nSPS) is 24.2. The third-order valence-corrected chi connectivity index (χ3v) is 7.89. The van der Waals surface area contributed by atoms with Crippen molar-refractivity contribution < 1.29 is 5.11 Å². The van der Waals surface area contributed by atoms with Gasteiger partial charge in [-0.1, -0.05) is 80.7 Å². The molecule has 5 rings (SSSR count). The number of hydrogen-bond donors (Lipinski definition) is 1. The van der Waals surface area contributed by atoms with Gasteiger partial charge < -0.3 is 10.0 Å². The summed E-state index contributed by atoms with van der Waals surface area (Å²) in [5.74, 6) is 0.393. The van der Waals surface area contributed by atoms with Crippen LogP contribution in [0.1, 0.15) is 56.1 Å². The van der Waals surface area contributed by atoms with E-state index in [-0.39, 0.29) is 11.5 Å². The van der Waals surface area contributed by atoms with Crippen molar-refractivity contribution >= 4 is 11.8 Å². The summed E-state index contributed by atoms with van der Waals surface area (Å²) < 4.78 is 0. The number of hydrogen-bond acceptors (Lipinski definition) is 4. The number of fused-ring (bicyclic) bond motifs is 1. The lowest BCUT2D eigenvalue weighted by atomic mass is 9.67. The molecule has 170 valence electrons. The van der Waals surface area contributed by atoms with Crippen LogP contribution in [-0.2, 0) is 5.41 Å². The van der Waals surface area contributed by atoms with E-state index in [1.54, 1.807) is 6.08 Å². The fraction of sp³-hybridized carbons (Fsp3) is 0.379. The predicted molar refractivity (Wildman–Crippen MR) is 134 cm³/mol. The average molecular weight is 442 g/mol. The average Bonchev–Trinajstić information content (AvgIpc) is 3.48. The Morgan fingerprint density at radius 3 is 2.48 bits per heavy atom. The van der Waals surface area contributed by atoms with Gasteiger partial charge in [-0.2, -0.15) is 0 Å². The molecule has 1 atom stereocenters. The zero-order valence-corrected chi connectivity index (χ0v) is 19.0. The van der Waals surface area contributed by atoms with Crippen molar-refractivity contribution in [2.75, 3.05) is 11.4 Å². The van der Waals surface area contributed by atoms with E-state index in [9.17, 15) is 14.7 Å². The summed E-state index contributed by atoms with van der Waals surface area (Å²) in [5.41, 5.74) is 1.62. The van der Waals surface area contributed by atoms with Crippen LogP contribution in [-0.4, -0.2) is 11.7 Å². The van der Waals surface area contributed by atoms with Crippen LogP contribution >= 0.6 is 0 Å². The van der Waals surface area contributed by atoms with Gasteiger partial charge in [-0.05, 0) is 36.5 Å². The zero-order chi connectivity index (χ0) is 23.0. The molecule has 0 radical (unpaired) electrons. The summed E-state index contributed by atoms with van der Waals surface area (Å²) in [6, 6.07) is 8.45. The molecular weight excluding hydrogens is 410 g/mol. The van der Waals surface area contributed by atoms with Gasteiger partial charge in [0.25, 0.3) is 5.43 Å². The van der Waals surface area contributed by atoms with E-state index in [0.29, 0.717) is 12.3 Å². The number of nitrogens with zero attached hydrogens (tertiary/aromatic N) is 1. The summed E-state index contributed by atoms with van der Waals surface area (Å²) in [5, 5.41) is 10.2. The van der Waals surface area contributed by atoms with E-state index in [1.807, 2.05) is 6.08 Å². The van der Waals surface area contributed by atoms with Gasteiger partial charge in [0.05, 0.1) is 11.0 Å². The highest BCUT2D eigenvalue weighted by Crippen LogP contribution is 2.56. The maximum atomic E-state index is 12.4. The first-order chi connectivity index (χ1) is 16.1. The van der Waals surface area contributed by atoms with Crippen molar-refractivity contribution in [2.45, 2.75) is 50.4 Å². The van der Waals surface area contributed by atoms with E-state index < -0.39 is 22.0 Å². The van der Waals surface area contributed by atoms with E-state index >= 15 is 0 Å². The highest BCUT2D eigenvalue weighted by molar-refractivity contribution is 5.79. The molecule has 2 aliphatic carbocycles. The fourth-order valence-electron chi connectivity index (χ4n) is 6.19. The fourth-order valence-corrected chi connectivity index (χ4v) is 6.19. The standard InChI is InChI=1S/C29H31NO3/c1-2-17-29(21-12-6-7-13-21)23-14-8-9-15-24(23)30(18-16-20-10-4-3-5-11-20)25(29)19-22-26(31)28(33)27(22)32/h2,6-9,12-15,19-21,31H,1,3-5,10-11,16-18H2. The van der Waals surface area contributed by atoms with E-state index in [2.05, 4.69) is 60.0 Å². The maximum absolute atomic E-state index is 12.4. The Labute approximate surface area is 195 Å². The molecule has 2 aromatic rings. The Morgan fingerprint density at radius 2 is 1.79 bits per heavy atom. The first-order valence-electron chi connectivity index (χ1n) is 12.2. The molecule has 0 saturated heterocycles. The molecule has 0 spiro atoms. The number of aromatic hydroxyl groups is 1. The molecule has 1 aliphatic heterocycles. The zero-order valence-electron chi connectivity index (χ0n) is 19.0. The minimum Gasteiger partial charge on any atom is -0.504 e. The van der Waals surface area contributed by atoms with Crippen LogP contribution in [0.4, 0.5) is 5.69 Å². The van der Waals surface area contributed by atoms with Crippen LogP contribution in [0.5, 0.6) is 5.75 Å². The van der Waals surface area contributed by atoms with Crippen LogP contribution in [0.15, 0.2) is 76.5 Å². The Bertz CT molecular complexity index is 1210. The van der Waals surface area contributed by atoms with Gasteiger partial charge in [0, 0.05) is 23.8 Å². The number of rotatable bonds is 7. The predicted octanol–water partition coefficient (Wildman–Crippen LogP) is 5.38. The molecule has 1 fully saturated rings. The van der Waals surface area contributed by atoms with Crippen molar-refractivity contribution in [3.63, 3.8) is 0 Å². The van der Waals surface area contributed by atoms with Gasteiger partial charge in [-0.3, -0.25) is 9.59 Å². The second-order valence-corrected chi connectivity index (χ2v) is 9.67. The molecule has 0 aromatic heterocycles. The van der Waals surface area contributed by atoms with E-state index in [0.717, 1.165) is 24.4 Å². The van der Waals surface area contributed by atoms with Gasteiger partial charge in [-0.15, -0.1) is 6.58 Å². The van der Waals surface area contributed by atoms with Gasteiger partial charge >= 0.3 is 0 Å². The maximum Gasteiger partial charge on any atom is 0.268 e. The summed E-state index contributed by atoms with van der Waals surface area (Å²) in [7, 11) is 0. The smallest absolute Gasteiger partial charge is 0.268 e. The number of allylic oxidation sites excluding steroid dienone is 6. The molecule has 1 N–H and O–H groups in total. The van der Waals surface area contributed by atoms with Crippen molar-refractivity contribution in [2.24, 2.45) is 11.8 Å². The number of benzene rings is 1. The molecule has 4 heteroatoms. The topological polar surface area (TPSA) is 57.6 Å². The quantitative estimate of drug-likeness (QED) is 0.463. The monoisotopic (exact) mass is 441 g/mol. The lowest BCUT2D eigenvalue weighted by molar-refractivity contribution is 0.340. The minimum absolute atomic E-state index is 0.0937. The molecular formula is C29H31NO3. The molecule has 0 bridgehead atoms. The summed E-state index contributed by atoms with van der Waals surface area (Å²) in [6.45, 7) is 4.92. The summed E-state index contributed by atoms with van der Waals surface area (Å²) in [6.07, 6.45) is 20.5. The third kappa shape index (κ3) is 3.43. The second kappa shape index (κ2) is 8.66.